The topological polar surface area (TPSA) is 54.4 Å². The molecular formula is C18H24O3. The van der Waals surface area contributed by atoms with Gasteiger partial charge in [-0.3, -0.25) is 9.59 Å². The SMILES string of the molecule is CC12C[C@@H](O)C3C4CCC(=O)C=C4CCC3C1CCC2=O. The van der Waals surface area contributed by atoms with Crippen molar-refractivity contribution in [1.29, 1.82) is 0 Å². The Morgan fingerprint density at radius 2 is 1.95 bits per heavy atom. The quantitative estimate of drug-likeness (QED) is 0.745. The minimum absolute atomic E-state index is 0.255. The van der Waals surface area contributed by atoms with E-state index in [9.17, 15) is 14.7 Å². The van der Waals surface area contributed by atoms with Crippen molar-refractivity contribution in [1.82, 2.24) is 0 Å². The summed E-state index contributed by atoms with van der Waals surface area (Å²) in [5.74, 6) is 2.22. The van der Waals surface area contributed by atoms with Crippen LogP contribution in [0.4, 0.5) is 0 Å². The van der Waals surface area contributed by atoms with Crippen LogP contribution >= 0.6 is 0 Å². The van der Waals surface area contributed by atoms with Gasteiger partial charge in [-0.25, -0.2) is 0 Å². The van der Waals surface area contributed by atoms with Gasteiger partial charge < -0.3 is 5.11 Å². The molecule has 21 heavy (non-hydrogen) atoms. The van der Waals surface area contributed by atoms with E-state index in [4.69, 9.17) is 0 Å². The molecule has 0 heterocycles. The Morgan fingerprint density at radius 3 is 2.76 bits per heavy atom. The lowest BCUT2D eigenvalue weighted by Gasteiger charge is -2.54. The molecule has 0 aromatic heterocycles. The first kappa shape index (κ1) is 13.7. The molecule has 0 bridgehead atoms. The third kappa shape index (κ3) is 1.82. The van der Waals surface area contributed by atoms with Gasteiger partial charge in [0.1, 0.15) is 5.78 Å². The zero-order valence-electron chi connectivity index (χ0n) is 12.7. The van der Waals surface area contributed by atoms with Gasteiger partial charge in [-0.05, 0) is 61.9 Å². The van der Waals surface area contributed by atoms with E-state index in [0.29, 0.717) is 42.8 Å². The second-order valence-electron chi connectivity index (χ2n) is 7.87. The van der Waals surface area contributed by atoms with Crippen molar-refractivity contribution in [3.05, 3.63) is 11.6 Å². The molecule has 0 saturated heterocycles. The van der Waals surface area contributed by atoms with E-state index in [0.717, 1.165) is 25.7 Å². The van der Waals surface area contributed by atoms with Crippen molar-refractivity contribution >= 4 is 11.6 Å². The average molecular weight is 288 g/mol. The van der Waals surface area contributed by atoms with Crippen molar-refractivity contribution in [2.45, 2.75) is 58.0 Å². The van der Waals surface area contributed by atoms with Crippen LogP contribution in [0.15, 0.2) is 11.6 Å². The Labute approximate surface area is 125 Å². The molecule has 0 radical (unpaired) electrons. The lowest BCUT2D eigenvalue weighted by molar-refractivity contribution is -0.140. The number of hydrogen-bond acceptors (Lipinski definition) is 3. The largest absolute Gasteiger partial charge is 0.393 e. The molecule has 5 unspecified atom stereocenters. The van der Waals surface area contributed by atoms with Gasteiger partial charge >= 0.3 is 0 Å². The van der Waals surface area contributed by atoms with Crippen LogP contribution in [0.3, 0.4) is 0 Å². The molecule has 3 heteroatoms. The van der Waals surface area contributed by atoms with Gasteiger partial charge in [0.25, 0.3) is 0 Å². The smallest absolute Gasteiger partial charge is 0.155 e. The standard InChI is InChI=1S/C18H24O3/c1-18-9-15(20)17-12-5-3-11(19)8-10(12)2-4-13(17)14(18)6-7-16(18)21/h8,12-15,17,20H,2-7,9H2,1H3/t12?,13?,14?,15-,17?,18?/m1/s1. The Balaban J connectivity index is 1.70. The van der Waals surface area contributed by atoms with E-state index < -0.39 is 0 Å². The van der Waals surface area contributed by atoms with Crippen LogP contribution in [0.2, 0.25) is 0 Å². The molecule has 4 aliphatic carbocycles. The van der Waals surface area contributed by atoms with Crippen molar-refractivity contribution in [2.24, 2.45) is 29.1 Å². The highest BCUT2D eigenvalue weighted by Crippen LogP contribution is 2.60. The number of Topliss-reactive ketones (excluding diaryl/α,β-unsaturated/α-hetero) is 1. The van der Waals surface area contributed by atoms with Crippen LogP contribution in [0.1, 0.15) is 51.9 Å². The van der Waals surface area contributed by atoms with Gasteiger partial charge in [0.15, 0.2) is 5.78 Å². The number of carbonyl (C=O) groups excluding carboxylic acids is 2. The monoisotopic (exact) mass is 288 g/mol. The molecule has 1 N–H and O–H groups in total. The molecule has 0 aliphatic heterocycles. The van der Waals surface area contributed by atoms with Crippen molar-refractivity contribution in [3.63, 3.8) is 0 Å². The maximum atomic E-state index is 12.3. The zero-order valence-corrected chi connectivity index (χ0v) is 12.7. The van der Waals surface area contributed by atoms with Gasteiger partial charge in [-0.1, -0.05) is 12.5 Å². The molecule has 3 fully saturated rings. The third-order valence-electron chi connectivity index (χ3n) is 6.98. The molecule has 3 nitrogen and oxygen atoms in total. The molecule has 4 rings (SSSR count). The molecule has 114 valence electrons. The van der Waals surface area contributed by atoms with E-state index in [1.165, 1.54) is 5.57 Å². The van der Waals surface area contributed by atoms with Gasteiger partial charge in [0, 0.05) is 18.3 Å². The Bertz CT molecular complexity index is 535. The molecule has 6 atom stereocenters. The minimum atomic E-state index is -0.375. The van der Waals surface area contributed by atoms with Gasteiger partial charge in [0.05, 0.1) is 6.10 Å². The number of rotatable bonds is 0. The molecule has 4 aliphatic rings. The normalized spacial score (nSPS) is 49.2. The lowest BCUT2D eigenvalue weighted by Crippen LogP contribution is -2.53. The molecule has 0 aromatic carbocycles. The maximum absolute atomic E-state index is 12.3. The summed E-state index contributed by atoms with van der Waals surface area (Å²) in [5.41, 5.74) is 0.992. The van der Waals surface area contributed by atoms with Gasteiger partial charge in [-0.2, -0.15) is 0 Å². The number of carbonyl (C=O) groups is 2. The summed E-state index contributed by atoms with van der Waals surface area (Å²) in [6.07, 6.45) is 7.39. The van der Waals surface area contributed by atoms with E-state index >= 15 is 0 Å². The Hall–Kier alpha value is -0.960. The van der Waals surface area contributed by atoms with Gasteiger partial charge in [0.2, 0.25) is 0 Å². The summed E-state index contributed by atoms with van der Waals surface area (Å²) >= 11 is 0. The average Bonchev–Trinajstić information content (AvgIpc) is 2.74. The van der Waals surface area contributed by atoms with Crippen molar-refractivity contribution in [3.8, 4) is 0 Å². The van der Waals surface area contributed by atoms with E-state index in [1.54, 1.807) is 0 Å². The highest BCUT2D eigenvalue weighted by Gasteiger charge is 2.59. The summed E-state index contributed by atoms with van der Waals surface area (Å²) in [5, 5.41) is 10.8. The number of aliphatic hydroxyl groups excluding tert-OH is 1. The molecule has 0 spiro atoms. The first-order chi connectivity index (χ1) is 10.0. The van der Waals surface area contributed by atoms with Gasteiger partial charge in [-0.15, -0.1) is 0 Å². The van der Waals surface area contributed by atoms with Crippen LogP contribution in [0, 0.1) is 29.1 Å². The predicted octanol–water partition coefficient (Wildman–Crippen LogP) is 2.67. The summed E-state index contributed by atoms with van der Waals surface area (Å²) in [7, 11) is 0. The van der Waals surface area contributed by atoms with Crippen molar-refractivity contribution < 1.29 is 14.7 Å². The fourth-order valence-corrected chi connectivity index (χ4v) is 6.03. The summed E-state index contributed by atoms with van der Waals surface area (Å²) < 4.78 is 0. The van der Waals surface area contributed by atoms with Crippen LogP contribution in [0.25, 0.3) is 0 Å². The first-order valence-corrected chi connectivity index (χ1v) is 8.45. The number of aliphatic hydroxyl groups is 1. The van der Waals surface area contributed by atoms with Crippen molar-refractivity contribution in [2.75, 3.05) is 0 Å². The number of ketones is 2. The van der Waals surface area contributed by atoms with E-state index in [2.05, 4.69) is 6.92 Å². The van der Waals surface area contributed by atoms with E-state index in [1.807, 2.05) is 6.08 Å². The fraction of sp³-hybridized carbons (Fsp3) is 0.778. The number of hydrogen-bond donors (Lipinski definition) is 1. The molecule has 3 saturated carbocycles. The summed E-state index contributed by atoms with van der Waals surface area (Å²) in [4.78, 5) is 24.0. The van der Waals surface area contributed by atoms with Crippen LogP contribution in [0.5, 0.6) is 0 Å². The summed E-state index contributed by atoms with van der Waals surface area (Å²) in [6, 6.07) is 0. The second kappa shape index (κ2) is 4.52. The molecular weight excluding hydrogens is 264 g/mol. The van der Waals surface area contributed by atoms with Crippen LogP contribution < -0.4 is 0 Å². The zero-order chi connectivity index (χ0) is 14.8. The first-order valence-electron chi connectivity index (χ1n) is 8.45. The predicted molar refractivity (Wildman–Crippen MR) is 78.5 cm³/mol. The third-order valence-corrected chi connectivity index (χ3v) is 6.98. The highest BCUT2D eigenvalue weighted by molar-refractivity contribution is 5.91. The Kier molecular flexibility index (Phi) is 2.94. The van der Waals surface area contributed by atoms with E-state index in [-0.39, 0.29) is 23.2 Å². The number of fused-ring (bicyclic) bond motifs is 5. The Morgan fingerprint density at radius 1 is 1.14 bits per heavy atom. The lowest BCUT2D eigenvalue weighted by atomic mass is 9.51. The highest BCUT2D eigenvalue weighted by atomic mass is 16.3. The maximum Gasteiger partial charge on any atom is 0.155 e. The van der Waals surface area contributed by atoms with Crippen LogP contribution in [-0.2, 0) is 9.59 Å². The molecule has 0 amide bonds. The summed E-state index contributed by atoms with van der Waals surface area (Å²) in [6.45, 7) is 2.09. The second-order valence-corrected chi connectivity index (χ2v) is 7.87. The number of allylic oxidation sites excluding steroid dienone is 1. The minimum Gasteiger partial charge on any atom is -0.393 e. The fourth-order valence-electron chi connectivity index (χ4n) is 6.03. The molecule has 0 aromatic rings. The van der Waals surface area contributed by atoms with Crippen LogP contribution in [-0.4, -0.2) is 22.8 Å².